The number of nitrogens with zero attached hydrogens (tertiary/aromatic N) is 4. The van der Waals surface area contributed by atoms with E-state index in [1.165, 1.54) is 0 Å². The van der Waals surface area contributed by atoms with Crippen LogP contribution in [0.4, 0.5) is 4.79 Å². The van der Waals surface area contributed by atoms with Crippen LogP contribution < -0.4 is 21.9 Å². The number of aromatic nitrogens is 2. The monoisotopic (exact) mass is 642 g/mol. The van der Waals surface area contributed by atoms with Crippen molar-refractivity contribution in [1.29, 1.82) is 0 Å². The Bertz CT molecular complexity index is 1740. The number of carbonyl (C=O) groups excluding carboxylic acids is 1. The van der Waals surface area contributed by atoms with Gasteiger partial charge >= 0.3 is 6.09 Å². The lowest BCUT2D eigenvalue weighted by Crippen LogP contribution is -2.46. The van der Waals surface area contributed by atoms with Gasteiger partial charge in [0.05, 0.1) is 11.0 Å². The molecule has 0 radical (unpaired) electrons. The molecule has 2 fully saturated rings. The second-order valence-electron chi connectivity index (χ2n) is 13.7. The van der Waals surface area contributed by atoms with Crippen molar-refractivity contribution in [2.45, 2.75) is 77.2 Å². The van der Waals surface area contributed by atoms with Crippen molar-refractivity contribution in [3.63, 3.8) is 0 Å². The van der Waals surface area contributed by atoms with Gasteiger partial charge in [-0.25, -0.2) is 4.79 Å². The van der Waals surface area contributed by atoms with Gasteiger partial charge in [-0.1, -0.05) is 24.3 Å². The Hall–Kier alpha value is -3.99. The van der Waals surface area contributed by atoms with Gasteiger partial charge in [0.2, 0.25) is 0 Å². The van der Waals surface area contributed by atoms with E-state index in [-0.39, 0.29) is 23.0 Å². The molecule has 10 nitrogen and oxygen atoms in total. The predicted molar refractivity (Wildman–Crippen MR) is 189 cm³/mol. The van der Waals surface area contributed by atoms with Gasteiger partial charge in [-0.3, -0.25) is 9.59 Å². The third-order valence-electron chi connectivity index (χ3n) is 9.02. The average Bonchev–Trinajstić information content (AvgIpc) is 3.05. The molecule has 252 valence electrons. The fraction of sp³-hybridized carbons (Fsp3) is 0.486. The van der Waals surface area contributed by atoms with Gasteiger partial charge in [0.15, 0.2) is 10.9 Å². The highest BCUT2D eigenvalue weighted by Gasteiger charge is 2.23. The van der Waals surface area contributed by atoms with E-state index in [1.807, 2.05) is 81.7 Å². The summed E-state index contributed by atoms with van der Waals surface area (Å²) in [6.45, 7) is 13.4. The highest BCUT2D eigenvalue weighted by atomic mass is 16.6. The van der Waals surface area contributed by atoms with E-state index in [4.69, 9.17) is 10.5 Å². The molecule has 3 N–H and O–H groups in total. The number of amides is 1. The van der Waals surface area contributed by atoms with E-state index in [0.29, 0.717) is 6.04 Å². The maximum atomic E-state index is 12.0. The number of fused-ring (bicyclic) bond motifs is 2. The summed E-state index contributed by atoms with van der Waals surface area (Å²) in [4.78, 5) is 40.6. The van der Waals surface area contributed by atoms with Gasteiger partial charge < -0.3 is 34.7 Å². The second-order valence-corrected chi connectivity index (χ2v) is 13.7. The molecule has 2 aliphatic heterocycles. The van der Waals surface area contributed by atoms with E-state index < -0.39 is 5.60 Å². The van der Waals surface area contributed by atoms with Crippen LogP contribution >= 0.6 is 0 Å². The standard InChI is InChI=1S/C21H29N3O3.C16H21N3O/c1-21(2,3)27-20(26)22-16-8-11-23(12-9-16)14-15-24-13-10-19(25)17-6-4-5-7-18(17)24;17-13-5-8-18(9-6-13)11-12-19-10-7-16(20)14-3-1-2-4-15(14)19/h4-7,10,13,16H,8-9,11-12,14-15H2,1-3H3,(H,22,26);1-4,7,10,13H,5-6,8-9,11-12,17H2. The molecule has 0 atom stereocenters. The first-order valence-electron chi connectivity index (χ1n) is 16.9. The van der Waals surface area contributed by atoms with E-state index in [1.54, 1.807) is 12.1 Å². The predicted octanol–water partition coefficient (Wildman–Crippen LogP) is 4.42. The molecule has 0 aliphatic carbocycles. The number of nitrogens with two attached hydrogens (primary N) is 1. The Morgan fingerprint density at radius 1 is 0.723 bits per heavy atom. The fourth-order valence-corrected chi connectivity index (χ4v) is 6.36. The average molecular weight is 643 g/mol. The number of pyridine rings is 2. The van der Waals surface area contributed by atoms with Crippen LogP contribution in [0.2, 0.25) is 0 Å². The smallest absolute Gasteiger partial charge is 0.407 e. The van der Waals surface area contributed by atoms with Crippen LogP contribution in [0.15, 0.2) is 82.6 Å². The highest BCUT2D eigenvalue weighted by molar-refractivity contribution is 5.79. The lowest BCUT2D eigenvalue weighted by Gasteiger charge is -2.33. The number of hydrogen-bond acceptors (Lipinski definition) is 7. The molecule has 1 amide bonds. The van der Waals surface area contributed by atoms with Crippen LogP contribution in [0.1, 0.15) is 46.5 Å². The third kappa shape index (κ3) is 9.76. The zero-order valence-corrected chi connectivity index (χ0v) is 28.1. The zero-order valence-electron chi connectivity index (χ0n) is 28.1. The lowest BCUT2D eigenvalue weighted by atomic mass is 10.1. The van der Waals surface area contributed by atoms with Crippen LogP contribution in [0.25, 0.3) is 21.8 Å². The normalized spacial score (nSPS) is 16.9. The van der Waals surface area contributed by atoms with Crippen LogP contribution in [0.3, 0.4) is 0 Å². The van der Waals surface area contributed by atoms with Crippen molar-refractivity contribution in [3.8, 4) is 0 Å². The number of likely N-dealkylation sites (tertiary alicyclic amines) is 2. The summed E-state index contributed by atoms with van der Waals surface area (Å²) in [6, 6.07) is 19.4. The minimum absolute atomic E-state index is 0.0656. The molecule has 2 saturated heterocycles. The van der Waals surface area contributed by atoms with Crippen LogP contribution in [0.5, 0.6) is 0 Å². The molecule has 0 saturated carbocycles. The summed E-state index contributed by atoms with van der Waals surface area (Å²) in [6.07, 6.45) is 7.46. The maximum absolute atomic E-state index is 12.0. The topological polar surface area (TPSA) is 115 Å². The summed E-state index contributed by atoms with van der Waals surface area (Å²) in [5.41, 5.74) is 7.62. The maximum Gasteiger partial charge on any atom is 0.407 e. The first-order chi connectivity index (χ1) is 22.6. The number of ether oxygens (including phenoxy) is 1. The lowest BCUT2D eigenvalue weighted by molar-refractivity contribution is 0.0478. The van der Waals surface area contributed by atoms with Crippen LogP contribution in [-0.4, -0.2) is 82.0 Å². The Labute approximate surface area is 277 Å². The Kier molecular flexibility index (Phi) is 11.5. The van der Waals surface area contributed by atoms with Gasteiger partial charge in [-0.05, 0) is 83.8 Å². The van der Waals surface area contributed by atoms with Crippen LogP contribution in [0, 0.1) is 0 Å². The largest absolute Gasteiger partial charge is 0.444 e. The SMILES string of the molecule is CC(C)(C)OC(=O)NC1CCN(CCn2ccc(=O)c3ccccc32)CC1.NC1CCN(CCn2ccc(=O)c3ccccc32)CC1. The van der Waals surface area contributed by atoms with Gasteiger partial charge in [0.25, 0.3) is 0 Å². The van der Waals surface area contributed by atoms with Crippen molar-refractivity contribution >= 4 is 27.9 Å². The second kappa shape index (κ2) is 15.7. The Balaban J connectivity index is 0.000000193. The number of para-hydroxylation sites is 2. The molecule has 2 aromatic carbocycles. The zero-order chi connectivity index (χ0) is 33.4. The number of benzene rings is 2. The number of carbonyl (C=O) groups is 1. The molecule has 0 bridgehead atoms. The summed E-state index contributed by atoms with van der Waals surface area (Å²) < 4.78 is 9.64. The number of hydrogen-bond donors (Lipinski definition) is 2. The number of piperidine rings is 2. The number of alkyl carbamates (subject to hydrolysis) is 1. The first kappa shape index (κ1) is 34.3. The van der Waals surface area contributed by atoms with E-state index >= 15 is 0 Å². The summed E-state index contributed by atoms with van der Waals surface area (Å²) in [7, 11) is 0. The summed E-state index contributed by atoms with van der Waals surface area (Å²) >= 11 is 0. The first-order valence-corrected chi connectivity index (χ1v) is 16.9. The minimum Gasteiger partial charge on any atom is -0.444 e. The molecule has 6 rings (SSSR count). The number of rotatable bonds is 7. The molecule has 0 spiro atoms. The fourth-order valence-electron chi connectivity index (χ4n) is 6.36. The van der Waals surface area contributed by atoms with Crippen LogP contribution in [-0.2, 0) is 17.8 Å². The van der Waals surface area contributed by atoms with Crippen molar-refractivity contribution < 1.29 is 9.53 Å². The summed E-state index contributed by atoms with van der Waals surface area (Å²) in [5.74, 6) is 0. The van der Waals surface area contributed by atoms with Gasteiger partial charge in [-0.15, -0.1) is 0 Å². The highest BCUT2D eigenvalue weighted by Crippen LogP contribution is 2.15. The molecular weight excluding hydrogens is 592 g/mol. The Morgan fingerprint density at radius 3 is 1.64 bits per heavy atom. The van der Waals surface area contributed by atoms with Crippen molar-refractivity contribution in [1.82, 2.24) is 24.3 Å². The minimum atomic E-state index is -0.468. The quantitative estimate of drug-likeness (QED) is 0.307. The van der Waals surface area contributed by atoms with Crippen molar-refractivity contribution in [2.24, 2.45) is 5.73 Å². The molecule has 10 heteroatoms. The molecular formula is C37H50N6O4. The van der Waals surface area contributed by atoms with E-state index in [0.717, 1.165) is 99.8 Å². The molecule has 2 aromatic heterocycles. The molecule has 0 unspecified atom stereocenters. The third-order valence-corrected chi connectivity index (χ3v) is 9.02. The number of nitrogens with one attached hydrogen (secondary N) is 1. The van der Waals surface area contributed by atoms with E-state index in [2.05, 4.69) is 24.3 Å². The Morgan fingerprint density at radius 2 is 1.17 bits per heavy atom. The van der Waals surface area contributed by atoms with E-state index in [9.17, 15) is 14.4 Å². The molecule has 2 aliphatic rings. The molecule has 4 aromatic rings. The van der Waals surface area contributed by atoms with Crippen molar-refractivity contribution in [2.75, 3.05) is 39.3 Å². The summed E-state index contributed by atoms with van der Waals surface area (Å²) in [5, 5.41) is 4.54. The molecule has 4 heterocycles. The van der Waals surface area contributed by atoms with Crippen molar-refractivity contribution in [3.05, 3.63) is 93.5 Å². The van der Waals surface area contributed by atoms with Gasteiger partial charge in [0, 0.05) is 86.7 Å². The van der Waals surface area contributed by atoms with Gasteiger partial charge in [-0.2, -0.15) is 0 Å². The molecule has 47 heavy (non-hydrogen) atoms. The van der Waals surface area contributed by atoms with Gasteiger partial charge in [0.1, 0.15) is 5.60 Å².